The van der Waals surface area contributed by atoms with Crippen LogP contribution >= 0.6 is 0 Å². The minimum Gasteiger partial charge on any atom is -0.380 e. The highest BCUT2D eigenvalue weighted by molar-refractivity contribution is 7.87. The summed E-state index contributed by atoms with van der Waals surface area (Å²) in [6.07, 6.45) is 1.32. The SMILES string of the molecule is CO[C@@H]1CCC[C@H]1S(=O)(=O)F. The monoisotopic (exact) mass is 182 g/mol. The molecular weight excluding hydrogens is 171 g/mol. The quantitative estimate of drug-likeness (QED) is 0.595. The first-order valence-corrected chi connectivity index (χ1v) is 4.96. The van der Waals surface area contributed by atoms with Gasteiger partial charge in [-0.1, -0.05) is 0 Å². The van der Waals surface area contributed by atoms with E-state index in [1.165, 1.54) is 7.11 Å². The van der Waals surface area contributed by atoms with E-state index >= 15 is 0 Å². The van der Waals surface area contributed by atoms with Crippen LogP contribution in [0.2, 0.25) is 0 Å². The Hall–Kier alpha value is -0.160. The smallest absolute Gasteiger partial charge is 0.307 e. The topological polar surface area (TPSA) is 43.4 Å². The maximum atomic E-state index is 12.4. The van der Waals surface area contributed by atoms with Crippen molar-refractivity contribution in [3.8, 4) is 0 Å². The summed E-state index contributed by atoms with van der Waals surface area (Å²) in [4.78, 5) is 0. The number of ether oxygens (including phenoxy) is 1. The van der Waals surface area contributed by atoms with E-state index in [0.717, 1.165) is 6.42 Å². The lowest BCUT2D eigenvalue weighted by Gasteiger charge is -2.12. The molecule has 0 radical (unpaired) electrons. The zero-order valence-electron chi connectivity index (χ0n) is 6.29. The van der Waals surface area contributed by atoms with Gasteiger partial charge in [-0.25, -0.2) is 0 Å². The van der Waals surface area contributed by atoms with Crippen LogP contribution in [0.25, 0.3) is 0 Å². The standard InChI is InChI=1S/C6H11FO3S/c1-10-5-3-2-4-6(5)11(7,8)9/h5-6H,2-4H2,1H3/t5-,6-/m1/s1. The second-order valence-electron chi connectivity index (χ2n) is 2.72. The van der Waals surface area contributed by atoms with Crippen molar-refractivity contribution in [1.82, 2.24) is 0 Å². The van der Waals surface area contributed by atoms with E-state index in [-0.39, 0.29) is 0 Å². The fraction of sp³-hybridized carbons (Fsp3) is 1.00. The van der Waals surface area contributed by atoms with Crippen LogP contribution in [0.3, 0.4) is 0 Å². The summed E-state index contributed by atoms with van der Waals surface area (Å²) in [7, 11) is -2.98. The number of halogens is 1. The van der Waals surface area contributed by atoms with Crippen molar-refractivity contribution in [1.29, 1.82) is 0 Å². The fourth-order valence-corrected chi connectivity index (χ4v) is 2.54. The predicted octanol–water partition coefficient (Wildman–Crippen LogP) is 0.853. The van der Waals surface area contributed by atoms with Gasteiger partial charge in [-0.15, -0.1) is 3.89 Å². The summed E-state index contributed by atoms with van der Waals surface area (Å²) in [5, 5.41) is -0.924. The van der Waals surface area contributed by atoms with Crippen molar-refractivity contribution in [2.75, 3.05) is 7.11 Å². The molecule has 0 saturated heterocycles. The van der Waals surface area contributed by atoms with Crippen LogP contribution in [-0.2, 0) is 15.0 Å². The third-order valence-corrected chi connectivity index (χ3v) is 3.32. The Morgan fingerprint density at radius 3 is 2.45 bits per heavy atom. The second kappa shape index (κ2) is 3.06. The van der Waals surface area contributed by atoms with E-state index in [1.54, 1.807) is 0 Å². The Kier molecular flexibility index (Phi) is 2.49. The van der Waals surface area contributed by atoms with E-state index < -0.39 is 21.6 Å². The Labute approximate surface area is 65.8 Å². The lowest BCUT2D eigenvalue weighted by molar-refractivity contribution is 0.110. The van der Waals surface area contributed by atoms with Gasteiger partial charge in [0.1, 0.15) is 5.25 Å². The molecule has 0 bridgehead atoms. The predicted molar refractivity (Wildman–Crippen MR) is 38.5 cm³/mol. The molecule has 3 nitrogen and oxygen atoms in total. The van der Waals surface area contributed by atoms with Crippen LogP contribution in [0, 0.1) is 0 Å². The van der Waals surface area contributed by atoms with E-state index in [9.17, 15) is 12.3 Å². The summed E-state index contributed by atoms with van der Waals surface area (Å²) < 4.78 is 38.2. The van der Waals surface area contributed by atoms with Crippen molar-refractivity contribution in [3.05, 3.63) is 0 Å². The second-order valence-corrected chi connectivity index (χ2v) is 4.28. The van der Waals surface area contributed by atoms with E-state index in [4.69, 9.17) is 4.74 Å². The number of methoxy groups -OCH3 is 1. The van der Waals surface area contributed by atoms with E-state index in [0.29, 0.717) is 12.8 Å². The van der Waals surface area contributed by atoms with Crippen molar-refractivity contribution >= 4 is 10.2 Å². The van der Waals surface area contributed by atoms with E-state index in [1.807, 2.05) is 0 Å². The summed E-state index contributed by atoms with van der Waals surface area (Å²) in [5.41, 5.74) is 0. The van der Waals surface area contributed by atoms with Gasteiger partial charge in [0.2, 0.25) is 0 Å². The third kappa shape index (κ3) is 1.90. The summed E-state index contributed by atoms with van der Waals surface area (Å²) in [5.74, 6) is 0. The molecule has 0 spiro atoms. The first-order valence-electron chi connectivity index (χ1n) is 3.52. The molecule has 1 rings (SSSR count). The minimum atomic E-state index is -4.39. The molecule has 1 aliphatic rings. The molecule has 1 saturated carbocycles. The summed E-state index contributed by atoms with van der Waals surface area (Å²) in [6, 6.07) is 0. The van der Waals surface area contributed by atoms with Crippen molar-refractivity contribution in [3.63, 3.8) is 0 Å². The van der Waals surface area contributed by atoms with Crippen LogP contribution in [0.4, 0.5) is 3.89 Å². The van der Waals surface area contributed by atoms with Crippen LogP contribution in [0.5, 0.6) is 0 Å². The first-order chi connectivity index (χ1) is 5.05. The van der Waals surface area contributed by atoms with Gasteiger partial charge in [0.25, 0.3) is 0 Å². The maximum absolute atomic E-state index is 12.4. The van der Waals surface area contributed by atoms with Gasteiger partial charge in [0.05, 0.1) is 6.10 Å². The van der Waals surface area contributed by atoms with Gasteiger partial charge in [0.15, 0.2) is 0 Å². The molecule has 2 atom stereocenters. The Balaban J connectivity index is 2.72. The molecule has 1 aliphatic carbocycles. The van der Waals surface area contributed by atoms with Crippen LogP contribution in [0.1, 0.15) is 19.3 Å². The number of hydrogen-bond donors (Lipinski definition) is 0. The van der Waals surface area contributed by atoms with Gasteiger partial charge in [-0.3, -0.25) is 0 Å². The third-order valence-electron chi connectivity index (χ3n) is 2.06. The molecule has 0 aromatic heterocycles. The highest BCUT2D eigenvalue weighted by Gasteiger charge is 2.37. The van der Waals surface area contributed by atoms with Crippen molar-refractivity contribution in [2.24, 2.45) is 0 Å². The Morgan fingerprint density at radius 2 is 2.09 bits per heavy atom. The molecule has 0 heterocycles. The van der Waals surface area contributed by atoms with Gasteiger partial charge in [-0.2, -0.15) is 8.42 Å². The molecular formula is C6H11FO3S. The molecule has 0 aliphatic heterocycles. The largest absolute Gasteiger partial charge is 0.380 e. The number of rotatable bonds is 2. The van der Waals surface area contributed by atoms with E-state index in [2.05, 4.69) is 0 Å². The van der Waals surface area contributed by atoms with Crippen LogP contribution in [-0.4, -0.2) is 26.9 Å². The van der Waals surface area contributed by atoms with Gasteiger partial charge >= 0.3 is 10.2 Å². The minimum absolute atomic E-state index is 0.386. The molecule has 0 aromatic carbocycles. The first kappa shape index (κ1) is 8.93. The zero-order valence-corrected chi connectivity index (χ0v) is 7.10. The van der Waals surface area contributed by atoms with Gasteiger partial charge < -0.3 is 4.74 Å². The summed E-state index contributed by atoms with van der Waals surface area (Å²) >= 11 is 0. The lowest BCUT2D eigenvalue weighted by atomic mass is 10.3. The Morgan fingerprint density at radius 1 is 1.45 bits per heavy atom. The molecule has 0 amide bonds. The highest BCUT2D eigenvalue weighted by Crippen LogP contribution is 2.28. The van der Waals surface area contributed by atoms with Crippen molar-refractivity contribution < 1.29 is 17.0 Å². The molecule has 11 heavy (non-hydrogen) atoms. The molecule has 0 unspecified atom stereocenters. The lowest BCUT2D eigenvalue weighted by Crippen LogP contribution is -2.27. The maximum Gasteiger partial charge on any atom is 0.307 e. The normalized spacial score (nSPS) is 32.5. The molecule has 0 N–H and O–H groups in total. The molecule has 66 valence electrons. The van der Waals surface area contributed by atoms with Gasteiger partial charge in [-0.05, 0) is 19.3 Å². The summed E-state index contributed by atoms with van der Waals surface area (Å²) in [6.45, 7) is 0. The molecule has 5 heteroatoms. The Bertz CT molecular complexity index is 224. The van der Waals surface area contributed by atoms with Crippen molar-refractivity contribution in [2.45, 2.75) is 30.6 Å². The average molecular weight is 182 g/mol. The van der Waals surface area contributed by atoms with Gasteiger partial charge in [0, 0.05) is 7.11 Å². The van der Waals surface area contributed by atoms with Crippen LogP contribution < -0.4 is 0 Å². The number of hydrogen-bond acceptors (Lipinski definition) is 3. The highest BCUT2D eigenvalue weighted by atomic mass is 32.3. The molecule has 1 fully saturated rings. The van der Waals surface area contributed by atoms with Crippen LogP contribution in [0.15, 0.2) is 0 Å². The average Bonchev–Trinajstić information content (AvgIpc) is 2.31. The fourth-order valence-electron chi connectivity index (χ4n) is 1.48. The zero-order chi connectivity index (χ0) is 8.48. The molecule has 0 aromatic rings.